The normalized spacial score (nSPS) is 10.6. The second-order valence-electron chi connectivity index (χ2n) is 6.87. The summed E-state index contributed by atoms with van der Waals surface area (Å²) in [6, 6.07) is 12.3. The van der Waals surface area contributed by atoms with Crippen LogP contribution < -0.4 is 20.4 Å². The van der Waals surface area contributed by atoms with Gasteiger partial charge in [0.2, 0.25) is 5.91 Å². The Kier molecular flexibility index (Phi) is 6.51. The molecule has 0 aliphatic rings. The van der Waals surface area contributed by atoms with Gasteiger partial charge >= 0.3 is 11.6 Å². The zero-order valence-corrected chi connectivity index (χ0v) is 17.1. The van der Waals surface area contributed by atoms with E-state index in [1.807, 2.05) is 18.2 Å². The zero-order chi connectivity index (χ0) is 21.7. The predicted molar refractivity (Wildman–Crippen MR) is 112 cm³/mol. The summed E-state index contributed by atoms with van der Waals surface area (Å²) in [5.41, 5.74) is 1.96. The Morgan fingerprint density at radius 1 is 1.07 bits per heavy atom. The van der Waals surface area contributed by atoms with Gasteiger partial charge in [0.05, 0.1) is 19.1 Å². The van der Waals surface area contributed by atoms with E-state index in [2.05, 4.69) is 5.32 Å². The van der Waals surface area contributed by atoms with E-state index in [0.29, 0.717) is 35.6 Å². The topological polar surface area (TPSA) is 94.8 Å². The first-order valence-corrected chi connectivity index (χ1v) is 9.51. The molecule has 0 fully saturated rings. The first-order valence-electron chi connectivity index (χ1n) is 9.51. The lowest BCUT2D eigenvalue weighted by atomic mass is 10.0. The molecule has 0 radical (unpaired) electrons. The van der Waals surface area contributed by atoms with Crippen molar-refractivity contribution in [3.63, 3.8) is 0 Å². The smallest absolute Gasteiger partial charge is 0.340 e. The van der Waals surface area contributed by atoms with E-state index in [4.69, 9.17) is 13.9 Å². The summed E-state index contributed by atoms with van der Waals surface area (Å²) in [6.45, 7) is 3.57. The molecular weight excluding hydrogens is 386 g/mol. The number of fused-ring (bicyclic) bond motifs is 1. The van der Waals surface area contributed by atoms with E-state index < -0.39 is 5.63 Å². The number of hydrogen-bond donors (Lipinski definition) is 1. The molecule has 156 valence electrons. The highest BCUT2D eigenvalue weighted by molar-refractivity contribution is 5.85. The number of esters is 1. The highest BCUT2D eigenvalue weighted by atomic mass is 16.5. The molecule has 0 aliphatic carbocycles. The van der Waals surface area contributed by atoms with Crippen molar-refractivity contribution in [2.75, 3.05) is 13.7 Å². The van der Waals surface area contributed by atoms with Gasteiger partial charge in [-0.2, -0.15) is 0 Å². The van der Waals surface area contributed by atoms with Crippen LogP contribution in [0.4, 0.5) is 0 Å². The number of rotatable bonds is 7. The van der Waals surface area contributed by atoms with E-state index in [9.17, 15) is 14.4 Å². The first-order chi connectivity index (χ1) is 14.4. The van der Waals surface area contributed by atoms with Gasteiger partial charge in [-0.05, 0) is 48.7 Å². The maximum atomic E-state index is 12.4. The summed E-state index contributed by atoms with van der Waals surface area (Å²) in [5.74, 6) is 0.445. The molecule has 1 N–H and O–H groups in total. The van der Waals surface area contributed by atoms with E-state index >= 15 is 0 Å². The molecule has 30 heavy (non-hydrogen) atoms. The van der Waals surface area contributed by atoms with Crippen molar-refractivity contribution >= 4 is 22.8 Å². The van der Waals surface area contributed by atoms with E-state index in [1.165, 1.54) is 6.92 Å². The Labute approximate surface area is 173 Å². The van der Waals surface area contributed by atoms with Crippen LogP contribution in [-0.4, -0.2) is 25.5 Å². The minimum atomic E-state index is -0.524. The molecule has 0 bridgehead atoms. The van der Waals surface area contributed by atoms with Crippen LogP contribution in [0.3, 0.4) is 0 Å². The Morgan fingerprint density at radius 2 is 1.77 bits per heavy atom. The van der Waals surface area contributed by atoms with Gasteiger partial charge < -0.3 is 19.2 Å². The average Bonchev–Trinajstić information content (AvgIpc) is 2.71. The lowest BCUT2D eigenvalue weighted by Gasteiger charge is -2.10. The van der Waals surface area contributed by atoms with Gasteiger partial charge in [0.15, 0.2) is 0 Å². The summed E-state index contributed by atoms with van der Waals surface area (Å²) in [7, 11) is 1.54. The van der Waals surface area contributed by atoms with Crippen LogP contribution in [0.2, 0.25) is 0 Å². The van der Waals surface area contributed by atoms with Crippen molar-refractivity contribution in [2.45, 2.75) is 26.7 Å². The molecule has 3 rings (SSSR count). The van der Waals surface area contributed by atoms with Crippen molar-refractivity contribution in [3.8, 4) is 11.5 Å². The van der Waals surface area contributed by atoms with Gasteiger partial charge in [0, 0.05) is 24.9 Å². The molecule has 0 spiro atoms. The zero-order valence-electron chi connectivity index (χ0n) is 17.1. The van der Waals surface area contributed by atoms with Crippen molar-refractivity contribution < 1.29 is 23.5 Å². The molecule has 7 heteroatoms. The molecule has 3 aromatic rings. The predicted octanol–water partition coefficient (Wildman–Crippen LogP) is 2.94. The van der Waals surface area contributed by atoms with E-state index in [0.717, 1.165) is 16.5 Å². The van der Waals surface area contributed by atoms with Gasteiger partial charge in [-0.25, -0.2) is 4.79 Å². The molecule has 0 saturated heterocycles. The van der Waals surface area contributed by atoms with Crippen LogP contribution in [0, 0.1) is 6.92 Å². The van der Waals surface area contributed by atoms with Gasteiger partial charge in [-0.3, -0.25) is 9.59 Å². The summed E-state index contributed by atoms with van der Waals surface area (Å²) in [6.07, 6.45) is 0.554. The molecule has 0 aliphatic heterocycles. The van der Waals surface area contributed by atoms with Crippen molar-refractivity contribution in [1.82, 2.24) is 5.32 Å². The Bertz CT molecular complexity index is 1130. The highest BCUT2D eigenvalue weighted by Crippen LogP contribution is 2.24. The van der Waals surface area contributed by atoms with Crippen molar-refractivity contribution in [1.29, 1.82) is 0 Å². The SMILES string of the molecule is COc1ccc2c(C)c(CC(=O)NCCc3ccc(OC(C)=O)cc3)c(=O)oc2c1. The average molecular weight is 409 g/mol. The number of aryl methyl sites for hydroxylation is 1. The largest absolute Gasteiger partial charge is 0.497 e. The van der Waals surface area contributed by atoms with Gasteiger partial charge in [0.1, 0.15) is 17.1 Å². The minimum Gasteiger partial charge on any atom is -0.497 e. The van der Waals surface area contributed by atoms with Gasteiger partial charge in [0.25, 0.3) is 0 Å². The Balaban J connectivity index is 1.61. The molecule has 0 unspecified atom stereocenters. The van der Waals surface area contributed by atoms with Gasteiger partial charge in [-0.15, -0.1) is 0 Å². The number of benzene rings is 2. The number of amides is 1. The molecule has 1 aromatic heterocycles. The molecule has 2 aromatic carbocycles. The third-order valence-corrected chi connectivity index (χ3v) is 4.75. The fourth-order valence-electron chi connectivity index (χ4n) is 3.17. The second kappa shape index (κ2) is 9.26. The molecular formula is C23H23NO6. The molecule has 0 saturated carbocycles. The maximum absolute atomic E-state index is 12.4. The number of carbonyl (C=O) groups is 2. The lowest BCUT2D eigenvalue weighted by molar-refractivity contribution is -0.131. The monoisotopic (exact) mass is 409 g/mol. The number of nitrogens with one attached hydrogen (secondary N) is 1. The fourth-order valence-corrected chi connectivity index (χ4v) is 3.17. The molecule has 1 heterocycles. The summed E-state index contributed by atoms with van der Waals surface area (Å²) in [5, 5.41) is 3.59. The second-order valence-corrected chi connectivity index (χ2v) is 6.87. The van der Waals surface area contributed by atoms with Crippen molar-refractivity contribution in [2.24, 2.45) is 0 Å². The van der Waals surface area contributed by atoms with Crippen molar-refractivity contribution in [3.05, 3.63) is 69.6 Å². The molecule has 1 amide bonds. The summed E-state index contributed by atoms with van der Waals surface area (Å²) < 4.78 is 15.5. The maximum Gasteiger partial charge on any atom is 0.340 e. The number of carbonyl (C=O) groups excluding carboxylic acids is 2. The van der Waals surface area contributed by atoms with Gasteiger partial charge in [-0.1, -0.05) is 12.1 Å². The highest BCUT2D eigenvalue weighted by Gasteiger charge is 2.15. The van der Waals surface area contributed by atoms with E-state index in [1.54, 1.807) is 38.3 Å². The van der Waals surface area contributed by atoms with Crippen LogP contribution in [0.25, 0.3) is 11.0 Å². The van der Waals surface area contributed by atoms with Crippen LogP contribution in [0.15, 0.2) is 51.7 Å². The quantitative estimate of drug-likeness (QED) is 0.366. The van der Waals surface area contributed by atoms with Crippen LogP contribution in [0.1, 0.15) is 23.6 Å². The fraction of sp³-hybridized carbons (Fsp3) is 0.261. The number of hydrogen-bond acceptors (Lipinski definition) is 6. The Hall–Kier alpha value is -3.61. The van der Waals surface area contributed by atoms with E-state index in [-0.39, 0.29) is 18.3 Å². The van der Waals surface area contributed by atoms with Crippen LogP contribution in [-0.2, 0) is 22.4 Å². The number of methoxy groups -OCH3 is 1. The van der Waals surface area contributed by atoms with Crippen LogP contribution in [0.5, 0.6) is 11.5 Å². The molecule has 7 nitrogen and oxygen atoms in total. The Morgan fingerprint density at radius 3 is 2.43 bits per heavy atom. The third kappa shape index (κ3) is 5.05. The first kappa shape index (κ1) is 21.1. The summed E-state index contributed by atoms with van der Waals surface area (Å²) >= 11 is 0. The van der Waals surface area contributed by atoms with Crippen LogP contribution >= 0.6 is 0 Å². The molecule has 0 atom stereocenters. The number of ether oxygens (including phenoxy) is 2. The third-order valence-electron chi connectivity index (χ3n) is 4.75. The standard InChI is InChI=1S/C23H23NO6/c1-14-19-9-8-18(28-3)12-21(19)30-23(27)20(14)13-22(26)24-11-10-16-4-6-17(7-5-16)29-15(2)25/h4-9,12H,10-11,13H2,1-3H3,(H,24,26). The minimum absolute atomic E-state index is 0.0540. The lowest BCUT2D eigenvalue weighted by Crippen LogP contribution is -2.29. The summed E-state index contributed by atoms with van der Waals surface area (Å²) in [4.78, 5) is 35.7.